The van der Waals surface area contributed by atoms with Crippen LogP contribution in [-0.2, 0) is 4.74 Å². The number of pyridine rings is 2. The number of fused-ring (bicyclic) bond motifs is 1. The van der Waals surface area contributed by atoms with Crippen molar-refractivity contribution in [1.82, 2.24) is 19.8 Å². The van der Waals surface area contributed by atoms with Crippen LogP contribution in [0.4, 0.5) is 10.5 Å². The van der Waals surface area contributed by atoms with Gasteiger partial charge in [0.25, 0.3) is 5.56 Å². The van der Waals surface area contributed by atoms with E-state index in [2.05, 4.69) is 14.9 Å². The molecule has 2 aliphatic rings. The number of aromatic nitrogens is 2. The lowest BCUT2D eigenvalue weighted by Crippen LogP contribution is -2.52. The number of piperazine rings is 1. The van der Waals surface area contributed by atoms with Crippen molar-refractivity contribution in [1.29, 1.82) is 0 Å². The van der Waals surface area contributed by atoms with Crippen LogP contribution in [0.1, 0.15) is 39.3 Å². The number of nitro groups is 1. The van der Waals surface area contributed by atoms with Gasteiger partial charge in [-0.25, -0.2) is 9.78 Å². The first-order chi connectivity index (χ1) is 15.1. The fourth-order valence-corrected chi connectivity index (χ4v) is 4.31. The number of carbonyl (C=O) groups excluding carboxylic acids is 1. The van der Waals surface area contributed by atoms with Crippen LogP contribution >= 0.6 is 0 Å². The van der Waals surface area contributed by atoms with Gasteiger partial charge in [0.15, 0.2) is 5.52 Å². The van der Waals surface area contributed by atoms with Crippen LogP contribution in [0, 0.1) is 10.1 Å². The number of nitrogens with one attached hydrogen (secondary N) is 1. The smallest absolute Gasteiger partial charge is 0.410 e. The van der Waals surface area contributed by atoms with E-state index in [1.54, 1.807) is 11.0 Å². The molecule has 10 heteroatoms. The number of carbonyl (C=O) groups is 1. The zero-order valence-corrected chi connectivity index (χ0v) is 18.5. The lowest BCUT2D eigenvalue weighted by Gasteiger charge is -2.37. The number of nitrogens with zero attached hydrogens (tertiary/aromatic N) is 4. The third-order valence-corrected chi connectivity index (χ3v) is 5.79. The number of ether oxygens (including phenoxy) is 1. The molecule has 2 aromatic heterocycles. The van der Waals surface area contributed by atoms with Gasteiger partial charge in [0.05, 0.1) is 10.3 Å². The predicted octanol–water partition coefficient (Wildman–Crippen LogP) is 2.93. The maximum absolute atomic E-state index is 12.5. The molecule has 3 heterocycles. The summed E-state index contributed by atoms with van der Waals surface area (Å²) in [6, 6.07) is 3.21. The Labute approximate surface area is 185 Å². The van der Waals surface area contributed by atoms with E-state index in [1.807, 2.05) is 26.8 Å². The van der Waals surface area contributed by atoms with Crippen LogP contribution in [0.2, 0.25) is 0 Å². The Balaban J connectivity index is 1.53. The van der Waals surface area contributed by atoms with E-state index in [0.29, 0.717) is 32.6 Å². The highest BCUT2D eigenvalue weighted by atomic mass is 16.6. The van der Waals surface area contributed by atoms with E-state index >= 15 is 0 Å². The lowest BCUT2D eigenvalue weighted by molar-refractivity contribution is -0.383. The second-order valence-corrected chi connectivity index (χ2v) is 9.14. The maximum atomic E-state index is 12.5. The second-order valence-electron chi connectivity index (χ2n) is 9.14. The molecule has 0 bridgehead atoms. The molecule has 0 radical (unpaired) electrons. The van der Waals surface area contributed by atoms with Gasteiger partial charge in [-0.2, -0.15) is 0 Å². The van der Waals surface area contributed by atoms with Gasteiger partial charge in [-0.1, -0.05) is 6.08 Å². The molecule has 0 unspecified atom stereocenters. The highest BCUT2D eigenvalue weighted by Gasteiger charge is 2.32. The number of allylic oxidation sites excluding steroid dienone is 1. The largest absolute Gasteiger partial charge is 0.444 e. The fourth-order valence-electron chi connectivity index (χ4n) is 4.31. The van der Waals surface area contributed by atoms with Crippen molar-refractivity contribution in [2.24, 2.45) is 0 Å². The Morgan fingerprint density at radius 2 is 2.00 bits per heavy atom. The lowest BCUT2D eigenvalue weighted by atomic mass is 10.1. The topological polar surface area (TPSA) is 122 Å². The third kappa shape index (κ3) is 4.36. The summed E-state index contributed by atoms with van der Waals surface area (Å²) in [7, 11) is 0. The molecule has 0 aromatic carbocycles. The number of hydrogen-bond acceptors (Lipinski definition) is 7. The Morgan fingerprint density at radius 3 is 2.66 bits per heavy atom. The van der Waals surface area contributed by atoms with Gasteiger partial charge >= 0.3 is 11.8 Å². The first-order valence-electron chi connectivity index (χ1n) is 10.7. The second kappa shape index (κ2) is 8.34. The monoisotopic (exact) mass is 441 g/mol. The molecule has 0 saturated carbocycles. The Kier molecular flexibility index (Phi) is 5.72. The molecule has 1 fully saturated rings. The zero-order valence-electron chi connectivity index (χ0n) is 18.5. The summed E-state index contributed by atoms with van der Waals surface area (Å²) in [5.41, 5.74) is 0.0111. The van der Waals surface area contributed by atoms with Gasteiger partial charge in [0, 0.05) is 38.4 Å². The summed E-state index contributed by atoms with van der Waals surface area (Å²) in [5.74, 6) is 0. The summed E-state index contributed by atoms with van der Waals surface area (Å²) in [4.78, 5) is 47.0. The Morgan fingerprint density at radius 1 is 1.28 bits per heavy atom. The van der Waals surface area contributed by atoms with Gasteiger partial charge in [0.1, 0.15) is 11.3 Å². The van der Waals surface area contributed by atoms with Crippen LogP contribution in [-0.4, -0.2) is 68.6 Å². The van der Waals surface area contributed by atoms with E-state index < -0.39 is 10.5 Å². The normalized spacial score (nSPS) is 19.8. The highest BCUT2D eigenvalue weighted by Crippen LogP contribution is 2.36. The van der Waals surface area contributed by atoms with Crippen LogP contribution in [0.3, 0.4) is 0 Å². The van der Waals surface area contributed by atoms with E-state index in [9.17, 15) is 19.7 Å². The quantitative estimate of drug-likeness (QED) is 0.574. The average molecular weight is 441 g/mol. The SMILES string of the molecule is CC(C)(C)OC(=O)N1CCN([C@H]2C=C(c3[nH]c(=O)c4cccnc4c3[N+](=O)[O-])CC2)CC1. The van der Waals surface area contributed by atoms with Crippen molar-refractivity contribution in [3.8, 4) is 0 Å². The molecule has 1 saturated heterocycles. The van der Waals surface area contributed by atoms with Crippen molar-refractivity contribution in [3.63, 3.8) is 0 Å². The average Bonchev–Trinajstić information content (AvgIpc) is 3.22. The van der Waals surface area contributed by atoms with Crippen LogP contribution in [0.5, 0.6) is 0 Å². The van der Waals surface area contributed by atoms with Crippen molar-refractivity contribution < 1.29 is 14.5 Å². The van der Waals surface area contributed by atoms with Crippen molar-refractivity contribution in [2.45, 2.75) is 45.3 Å². The minimum Gasteiger partial charge on any atom is -0.444 e. The molecule has 1 aliphatic carbocycles. The standard InChI is InChI=1S/C22H27N5O5/c1-22(2,3)32-21(29)26-11-9-25(10-12-26)15-7-6-14(13-15)17-19(27(30)31)18-16(20(28)24-17)5-4-8-23-18/h4-5,8,13,15H,6-7,9-12H2,1-3H3,(H,24,28)/t15-/m1/s1. The Bertz CT molecular complexity index is 1140. The predicted molar refractivity (Wildman–Crippen MR) is 119 cm³/mol. The molecule has 10 nitrogen and oxygen atoms in total. The van der Waals surface area contributed by atoms with Crippen LogP contribution < -0.4 is 5.56 Å². The summed E-state index contributed by atoms with van der Waals surface area (Å²) in [5, 5.41) is 12.0. The van der Waals surface area contributed by atoms with Gasteiger partial charge in [-0.05, 0) is 51.3 Å². The first-order valence-corrected chi connectivity index (χ1v) is 10.7. The van der Waals surface area contributed by atoms with E-state index in [0.717, 1.165) is 12.0 Å². The van der Waals surface area contributed by atoms with Gasteiger partial charge in [-0.15, -0.1) is 0 Å². The molecule has 0 spiro atoms. The molecule has 1 amide bonds. The number of amides is 1. The molecule has 4 rings (SSSR count). The van der Waals surface area contributed by atoms with E-state index in [4.69, 9.17) is 4.74 Å². The van der Waals surface area contributed by atoms with Gasteiger partial charge < -0.3 is 14.6 Å². The zero-order chi connectivity index (χ0) is 23.0. The molecule has 1 atom stereocenters. The first kappa shape index (κ1) is 21.9. The summed E-state index contributed by atoms with van der Waals surface area (Å²) < 4.78 is 5.45. The number of rotatable bonds is 3. The van der Waals surface area contributed by atoms with Crippen molar-refractivity contribution in [2.75, 3.05) is 26.2 Å². The van der Waals surface area contributed by atoms with E-state index in [-0.39, 0.29) is 40.0 Å². The number of aromatic amines is 1. The molecule has 32 heavy (non-hydrogen) atoms. The molecule has 1 N–H and O–H groups in total. The fraction of sp³-hybridized carbons (Fsp3) is 0.500. The molecular weight excluding hydrogens is 414 g/mol. The third-order valence-electron chi connectivity index (χ3n) is 5.79. The molecule has 1 aliphatic heterocycles. The highest BCUT2D eigenvalue weighted by molar-refractivity contribution is 5.91. The Hall–Kier alpha value is -3.27. The van der Waals surface area contributed by atoms with Crippen molar-refractivity contribution in [3.05, 3.63) is 50.6 Å². The van der Waals surface area contributed by atoms with Crippen molar-refractivity contribution >= 4 is 28.3 Å². The van der Waals surface area contributed by atoms with Gasteiger partial charge in [0.2, 0.25) is 0 Å². The summed E-state index contributed by atoms with van der Waals surface area (Å²) >= 11 is 0. The van der Waals surface area contributed by atoms with E-state index in [1.165, 1.54) is 12.3 Å². The van der Waals surface area contributed by atoms with Crippen LogP contribution in [0.25, 0.3) is 16.5 Å². The minimum absolute atomic E-state index is 0.0910. The molecular formula is C22H27N5O5. The molecule has 2 aromatic rings. The summed E-state index contributed by atoms with van der Waals surface area (Å²) in [6.45, 7) is 8.03. The number of H-pyrrole nitrogens is 1. The number of hydrogen-bond donors (Lipinski definition) is 1. The summed E-state index contributed by atoms with van der Waals surface area (Å²) in [6.07, 6.45) is 4.55. The van der Waals surface area contributed by atoms with Crippen LogP contribution in [0.15, 0.2) is 29.2 Å². The minimum atomic E-state index is -0.530. The molecule has 170 valence electrons. The van der Waals surface area contributed by atoms with Gasteiger partial charge in [-0.3, -0.25) is 19.8 Å². The maximum Gasteiger partial charge on any atom is 0.410 e.